The quantitative estimate of drug-likeness (QED) is 0.708. The van der Waals surface area contributed by atoms with E-state index >= 15 is 0 Å². The van der Waals surface area contributed by atoms with Crippen LogP contribution in [0.25, 0.3) is 0 Å². The molecule has 0 bridgehead atoms. The van der Waals surface area contributed by atoms with E-state index in [2.05, 4.69) is 51.8 Å². The molecule has 1 saturated carbocycles. The van der Waals surface area contributed by atoms with E-state index in [9.17, 15) is 0 Å². The lowest BCUT2D eigenvalue weighted by molar-refractivity contribution is -0.0602. The van der Waals surface area contributed by atoms with Crippen molar-refractivity contribution in [3.63, 3.8) is 0 Å². The van der Waals surface area contributed by atoms with Crippen molar-refractivity contribution in [2.24, 2.45) is 5.92 Å². The minimum atomic E-state index is 0.292. The molecule has 0 spiro atoms. The molecule has 2 unspecified atom stereocenters. The van der Waals surface area contributed by atoms with Crippen molar-refractivity contribution in [2.45, 2.75) is 58.4 Å². The fraction of sp³-hybridized carbons (Fsp3) is 0.591. The van der Waals surface area contributed by atoms with E-state index in [-0.39, 0.29) is 0 Å². The number of hydrogen-bond acceptors (Lipinski definition) is 6. The van der Waals surface area contributed by atoms with Gasteiger partial charge in [0, 0.05) is 23.9 Å². The van der Waals surface area contributed by atoms with Crippen LogP contribution >= 0.6 is 0 Å². The van der Waals surface area contributed by atoms with Gasteiger partial charge in [0.2, 0.25) is 0 Å². The van der Waals surface area contributed by atoms with Crippen molar-refractivity contribution in [1.29, 1.82) is 5.26 Å². The molecule has 0 aromatic carbocycles. The molecule has 29 heavy (non-hydrogen) atoms. The van der Waals surface area contributed by atoms with Crippen molar-refractivity contribution in [3.05, 3.63) is 35.7 Å². The Balaban J connectivity index is 0.000000280. The summed E-state index contributed by atoms with van der Waals surface area (Å²) in [6.45, 7) is 10.2. The zero-order valence-electron chi connectivity index (χ0n) is 18.2. The lowest BCUT2D eigenvalue weighted by atomic mass is 10.0. The minimum Gasteiger partial charge on any atom is -0.377 e. The number of ether oxygens (including phenoxy) is 1. The molecule has 2 aliphatic rings. The van der Waals surface area contributed by atoms with Crippen LogP contribution in [0.5, 0.6) is 0 Å². The van der Waals surface area contributed by atoms with Gasteiger partial charge in [0.05, 0.1) is 24.3 Å². The van der Waals surface area contributed by atoms with Crippen molar-refractivity contribution in [3.8, 4) is 6.07 Å². The molecule has 158 valence electrons. The molecule has 4 rings (SSSR count). The molecule has 2 aromatic heterocycles. The molecule has 0 amide bonds. The first kappa shape index (κ1) is 22.9. The Morgan fingerprint density at radius 2 is 2.00 bits per heavy atom. The molecular formula is C22H34N6O. The van der Waals surface area contributed by atoms with Crippen LogP contribution in [0.15, 0.2) is 24.4 Å². The second-order valence-corrected chi connectivity index (χ2v) is 7.80. The van der Waals surface area contributed by atoms with Crippen LogP contribution < -0.4 is 10.6 Å². The molecule has 1 aliphatic carbocycles. The highest BCUT2D eigenvalue weighted by atomic mass is 16.5. The fourth-order valence-electron chi connectivity index (χ4n) is 3.32. The summed E-state index contributed by atoms with van der Waals surface area (Å²) in [5.74, 6) is 2.88. The first-order valence-corrected chi connectivity index (χ1v) is 10.5. The van der Waals surface area contributed by atoms with Gasteiger partial charge in [-0.1, -0.05) is 27.2 Å². The van der Waals surface area contributed by atoms with Gasteiger partial charge in [-0.2, -0.15) is 10.4 Å². The topological polar surface area (TPSA) is 98.7 Å². The average molecular weight is 399 g/mol. The summed E-state index contributed by atoms with van der Waals surface area (Å²) in [5.41, 5.74) is 2.05. The van der Waals surface area contributed by atoms with Crippen molar-refractivity contribution in [2.75, 3.05) is 25.6 Å². The van der Waals surface area contributed by atoms with Gasteiger partial charge in [0.15, 0.2) is 5.82 Å². The molecule has 2 fully saturated rings. The number of nitrogens with zero attached hydrogens (tertiary/aromatic N) is 3. The van der Waals surface area contributed by atoms with Gasteiger partial charge < -0.3 is 15.4 Å². The van der Waals surface area contributed by atoms with Crippen LogP contribution in [-0.4, -0.2) is 41.0 Å². The maximum Gasteiger partial charge on any atom is 0.153 e. The number of aromatic amines is 1. The molecule has 1 aliphatic heterocycles. The molecule has 2 atom stereocenters. The molecule has 3 N–H and O–H groups in total. The van der Waals surface area contributed by atoms with Gasteiger partial charge in [-0.15, -0.1) is 0 Å². The maximum absolute atomic E-state index is 8.74. The normalized spacial score (nSPS) is 21.5. The third kappa shape index (κ3) is 6.55. The highest BCUT2D eigenvalue weighted by Crippen LogP contribution is 2.37. The van der Waals surface area contributed by atoms with Crippen LogP contribution in [0.2, 0.25) is 0 Å². The number of aromatic nitrogens is 3. The van der Waals surface area contributed by atoms with Gasteiger partial charge in [0.1, 0.15) is 11.9 Å². The Labute approximate surface area is 174 Å². The number of hydrogen-bond donors (Lipinski definition) is 3. The summed E-state index contributed by atoms with van der Waals surface area (Å²) in [5, 5.41) is 22.4. The smallest absolute Gasteiger partial charge is 0.153 e. The Kier molecular flexibility index (Phi) is 8.62. The monoisotopic (exact) mass is 398 g/mol. The number of pyridine rings is 1. The predicted molar refractivity (Wildman–Crippen MR) is 116 cm³/mol. The maximum atomic E-state index is 8.74. The first-order chi connectivity index (χ1) is 14.0. The lowest BCUT2D eigenvalue weighted by Gasteiger charge is -2.37. The summed E-state index contributed by atoms with van der Waals surface area (Å²) in [4.78, 5) is 4.18. The first-order valence-electron chi connectivity index (χ1n) is 10.5. The Morgan fingerprint density at radius 1 is 1.24 bits per heavy atom. The van der Waals surface area contributed by atoms with E-state index in [1.165, 1.54) is 25.0 Å². The van der Waals surface area contributed by atoms with Gasteiger partial charge in [-0.05, 0) is 44.9 Å². The third-order valence-electron chi connectivity index (χ3n) is 5.33. The Morgan fingerprint density at radius 3 is 2.45 bits per heavy atom. The summed E-state index contributed by atoms with van der Waals surface area (Å²) in [6.07, 6.45) is 5.31. The molecule has 7 heteroatoms. The van der Waals surface area contributed by atoms with Gasteiger partial charge in [0.25, 0.3) is 0 Å². The van der Waals surface area contributed by atoms with Gasteiger partial charge in [-0.3, -0.25) is 5.10 Å². The zero-order chi connectivity index (χ0) is 21.3. The predicted octanol–water partition coefficient (Wildman–Crippen LogP) is 4.34. The summed E-state index contributed by atoms with van der Waals surface area (Å²) < 4.78 is 4.97. The molecule has 2 aromatic rings. The Bertz CT molecular complexity index is 770. The number of likely N-dealkylation sites (N-methyl/N-ethyl adjacent to an activating group) is 1. The summed E-state index contributed by atoms with van der Waals surface area (Å²) in [6, 6.07) is 7.63. The van der Waals surface area contributed by atoms with Gasteiger partial charge in [-0.25, -0.2) is 4.98 Å². The number of nitrogens with one attached hydrogen (secondary N) is 3. The van der Waals surface area contributed by atoms with Gasteiger partial charge >= 0.3 is 0 Å². The van der Waals surface area contributed by atoms with E-state index in [0.717, 1.165) is 24.9 Å². The molecular weight excluding hydrogens is 364 g/mol. The largest absolute Gasteiger partial charge is 0.377 e. The third-order valence-corrected chi connectivity index (χ3v) is 5.33. The van der Waals surface area contributed by atoms with E-state index in [4.69, 9.17) is 10.00 Å². The average Bonchev–Trinajstić information content (AvgIpc) is 3.37. The highest BCUT2D eigenvalue weighted by Gasteiger charge is 2.30. The second-order valence-electron chi connectivity index (χ2n) is 7.80. The van der Waals surface area contributed by atoms with Crippen molar-refractivity contribution in [1.82, 2.24) is 20.5 Å². The van der Waals surface area contributed by atoms with E-state index in [1.54, 1.807) is 18.3 Å². The number of H-pyrrole nitrogens is 1. The summed E-state index contributed by atoms with van der Waals surface area (Å²) >= 11 is 0. The van der Waals surface area contributed by atoms with E-state index < -0.39 is 0 Å². The molecule has 3 heterocycles. The molecule has 0 radical (unpaired) electrons. The Hall–Kier alpha value is -2.43. The molecule has 7 nitrogen and oxygen atoms in total. The van der Waals surface area contributed by atoms with Crippen LogP contribution in [0, 0.1) is 17.2 Å². The van der Waals surface area contributed by atoms with Crippen molar-refractivity contribution >= 4 is 11.6 Å². The van der Waals surface area contributed by atoms with Crippen LogP contribution in [-0.2, 0) is 4.74 Å². The fourth-order valence-corrected chi connectivity index (χ4v) is 3.32. The number of nitriles is 1. The number of anilines is 2. The van der Waals surface area contributed by atoms with Crippen LogP contribution in [0.1, 0.15) is 64.1 Å². The lowest BCUT2D eigenvalue weighted by Crippen LogP contribution is -2.56. The summed E-state index contributed by atoms with van der Waals surface area (Å²) in [7, 11) is 1.96. The van der Waals surface area contributed by atoms with E-state index in [1.807, 2.05) is 20.9 Å². The number of rotatable bonds is 4. The van der Waals surface area contributed by atoms with Crippen LogP contribution in [0.3, 0.4) is 0 Å². The highest BCUT2D eigenvalue weighted by molar-refractivity contribution is 5.52. The minimum absolute atomic E-state index is 0.292. The SMILES string of the molecule is CC.CC1CCC(c2cc(Nc3ccc(C#N)cn3)n[nH]2)C1.CNC1(C)COC1. The van der Waals surface area contributed by atoms with Crippen LogP contribution in [0.4, 0.5) is 11.6 Å². The zero-order valence-corrected chi connectivity index (χ0v) is 18.2. The van der Waals surface area contributed by atoms with E-state index in [0.29, 0.717) is 22.8 Å². The molecule has 1 saturated heterocycles. The second kappa shape index (κ2) is 10.9. The standard InChI is InChI=1S/C15H17N5.C5H11NO.C2H6/c1-10-2-4-12(6-10)13-7-15(20-19-13)18-14-5-3-11(8-16)9-17-14;1-5(6-2)3-7-4-5;1-2/h3,5,7,9-10,12H,2,4,6H2,1H3,(H2,17,18,19,20);6H,3-4H2,1-2H3;1-2H3. The van der Waals surface area contributed by atoms with Crippen molar-refractivity contribution < 1.29 is 4.74 Å².